The first-order chi connectivity index (χ1) is 8.25. The molecule has 0 N–H and O–H groups in total. The SMILES string of the molecule is CC(C)CN(C(C)C)S(=O)(=O)c1ccc(F)cc1. The van der Waals surface area contributed by atoms with Crippen molar-refractivity contribution < 1.29 is 12.8 Å². The fourth-order valence-electron chi connectivity index (χ4n) is 1.69. The molecule has 0 atom stereocenters. The van der Waals surface area contributed by atoms with E-state index in [1.54, 1.807) is 0 Å². The van der Waals surface area contributed by atoms with Crippen LogP contribution in [0.15, 0.2) is 29.2 Å². The molecule has 1 rings (SSSR count). The maximum Gasteiger partial charge on any atom is 0.243 e. The van der Waals surface area contributed by atoms with Crippen LogP contribution in [0.5, 0.6) is 0 Å². The van der Waals surface area contributed by atoms with E-state index in [4.69, 9.17) is 0 Å². The molecule has 1 aromatic carbocycles. The predicted molar refractivity (Wildman–Crippen MR) is 70.3 cm³/mol. The molecule has 0 aromatic heterocycles. The highest BCUT2D eigenvalue weighted by atomic mass is 32.2. The largest absolute Gasteiger partial charge is 0.243 e. The molecule has 5 heteroatoms. The van der Waals surface area contributed by atoms with E-state index in [2.05, 4.69) is 0 Å². The van der Waals surface area contributed by atoms with Crippen LogP contribution < -0.4 is 0 Å². The average Bonchev–Trinajstić information content (AvgIpc) is 2.25. The molecule has 0 spiro atoms. The number of halogens is 1. The summed E-state index contributed by atoms with van der Waals surface area (Å²) in [5, 5.41) is 0. The molecule has 0 aliphatic heterocycles. The number of nitrogens with zero attached hydrogens (tertiary/aromatic N) is 1. The molecule has 0 bridgehead atoms. The Morgan fingerprint density at radius 1 is 1.11 bits per heavy atom. The molecule has 0 fully saturated rings. The standard InChI is InChI=1S/C13H20FNO2S/c1-10(2)9-15(11(3)4)18(16,17)13-7-5-12(14)6-8-13/h5-8,10-11H,9H2,1-4H3. The summed E-state index contributed by atoms with van der Waals surface area (Å²) >= 11 is 0. The molecule has 0 aliphatic carbocycles. The molecule has 3 nitrogen and oxygen atoms in total. The topological polar surface area (TPSA) is 37.4 Å². The van der Waals surface area contributed by atoms with Crippen LogP contribution >= 0.6 is 0 Å². The third-order valence-corrected chi connectivity index (χ3v) is 4.60. The van der Waals surface area contributed by atoms with Gasteiger partial charge in [-0.1, -0.05) is 13.8 Å². The van der Waals surface area contributed by atoms with E-state index < -0.39 is 15.8 Å². The van der Waals surface area contributed by atoms with Crippen molar-refractivity contribution >= 4 is 10.0 Å². The second-order valence-electron chi connectivity index (χ2n) is 5.02. The molecule has 0 amide bonds. The van der Waals surface area contributed by atoms with Crippen molar-refractivity contribution in [2.75, 3.05) is 6.54 Å². The van der Waals surface area contributed by atoms with Crippen LogP contribution in [0.25, 0.3) is 0 Å². The molecule has 102 valence electrons. The van der Waals surface area contributed by atoms with E-state index in [9.17, 15) is 12.8 Å². The van der Waals surface area contributed by atoms with Gasteiger partial charge in [0.15, 0.2) is 0 Å². The van der Waals surface area contributed by atoms with Gasteiger partial charge in [0.25, 0.3) is 0 Å². The van der Waals surface area contributed by atoms with Gasteiger partial charge in [-0.3, -0.25) is 0 Å². The second-order valence-corrected chi connectivity index (χ2v) is 6.91. The minimum absolute atomic E-state index is 0.123. The first-order valence-corrected chi connectivity index (χ1v) is 7.46. The lowest BCUT2D eigenvalue weighted by atomic mass is 10.2. The van der Waals surface area contributed by atoms with Gasteiger partial charge >= 0.3 is 0 Å². The Labute approximate surface area is 109 Å². The van der Waals surface area contributed by atoms with Gasteiger partial charge in [-0.05, 0) is 44.0 Å². The number of hydrogen-bond donors (Lipinski definition) is 0. The van der Waals surface area contributed by atoms with E-state index in [-0.39, 0.29) is 16.9 Å². The van der Waals surface area contributed by atoms with Gasteiger partial charge in [0.1, 0.15) is 5.82 Å². The monoisotopic (exact) mass is 273 g/mol. The van der Waals surface area contributed by atoms with Gasteiger partial charge < -0.3 is 0 Å². The van der Waals surface area contributed by atoms with Crippen LogP contribution in [-0.4, -0.2) is 25.3 Å². The zero-order valence-corrected chi connectivity index (χ0v) is 12.0. The first-order valence-electron chi connectivity index (χ1n) is 6.02. The summed E-state index contributed by atoms with van der Waals surface area (Å²) in [7, 11) is -3.55. The van der Waals surface area contributed by atoms with Crippen LogP contribution in [0.1, 0.15) is 27.7 Å². The van der Waals surface area contributed by atoms with E-state index >= 15 is 0 Å². The maximum atomic E-state index is 12.8. The molecule has 0 saturated heterocycles. The average molecular weight is 273 g/mol. The van der Waals surface area contributed by atoms with Gasteiger partial charge in [0.2, 0.25) is 10.0 Å². The normalized spacial score (nSPS) is 12.7. The molecule has 0 radical (unpaired) electrons. The Bertz CT molecular complexity index is 480. The molecule has 1 aromatic rings. The summed E-state index contributed by atoms with van der Waals surface area (Å²) in [5.41, 5.74) is 0. The Hall–Kier alpha value is -0.940. The fourth-order valence-corrected chi connectivity index (χ4v) is 3.49. The van der Waals surface area contributed by atoms with Crippen molar-refractivity contribution in [2.24, 2.45) is 5.92 Å². The smallest absolute Gasteiger partial charge is 0.207 e. The van der Waals surface area contributed by atoms with Crippen LogP contribution in [-0.2, 0) is 10.0 Å². The fraction of sp³-hybridized carbons (Fsp3) is 0.538. The minimum atomic E-state index is -3.55. The Morgan fingerprint density at radius 3 is 2.00 bits per heavy atom. The summed E-state index contributed by atoms with van der Waals surface area (Å²) in [4.78, 5) is 0.137. The van der Waals surface area contributed by atoms with Crippen molar-refractivity contribution in [3.05, 3.63) is 30.1 Å². The first kappa shape index (κ1) is 15.1. The summed E-state index contributed by atoms with van der Waals surface area (Å²) in [6, 6.07) is 4.82. The number of benzene rings is 1. The van der Waals surface area contributed by atoms with Gasteiger partial charge in [-0.25, -0.2) is 12.8 Å². The van der Waals surface area contributed by atoms with E-state index in [0.29, 0.717) is 6.54 Å². The highest BCUT2D eigenvalue weighted by molar-refractivity contribution is 7.89. The van der Waals surface area contributed by atoms with Crippen molar-refractivity contribution in [3.8, 4) is 0 Å². The highest BCUT2D eigenvalue weighted by Crippen LogP contribution is 2.19. The van der Waals surface area contributed by atoms with Crippen molar-refractivity contribution in [1.29, 1.82) is 0 Å². The molecular weight excluding hydrogens is 253 g/mol. The van der Waals surface area contributed by atoms with Crippen LogP contribution in [0, 0.1) is 11.7 Å². The zero-order chi connectivity index (χ0) is 13.9. The lowest BCUT2D eigenvalue weighted by Crippen LogP contribution is -2.39. The molecule has 0 heterocycles. The van der Waals surface area contributed by atoms with Crippen LogP contribution in [0.2, 0.25) is 0 Å². The van der Waals surface area contributed by atoms with E-state index in [0.717, 1.165) is 0 Å². The van der Waals surface area contributed by atoms with Crippen molar-refractivity contribution in [3.63, 3.8) is 0 Å². The van der Waals surface area contributed by atoms with Crippen molar-refractivity contribution in [1.82, 2.24) is 4.31 Å². The predicted octanol–water partition coefficient (Wildman–Crippen LogP) is 2.88. The Morgan fingerprint density at radius 2 is 1.61 bits per heavy atom. The zero-order valence-electron chi connectivity index (χ0n) is 11.2. The number of hydrogen-bond acceptors (Lipinski definition) is 2. The van der Waals surface area contributed by atoms with E-state index in [1.165, 1.54) is 28.6 Å². The van der Waals surface area contributed by atoms with Gasteiger partial charge in [0, 0.05) is 12.6 Å². The van der Waals surface area contributed by atoms with Crippen LogP contribution in [0.3, 0.4) is 0 Å². The van der Waals surface area contributed by atoms with E-state index in [1.807, 2.05) is 27.7 Å². The van der Waals surface area contributed by atoms with Gasteiger partial charge in [-0.15, -0.1) is 0 Å². The Balaban J connectivity index is 3.13. The third kappa shape index (κ3) is 3.53. The summed E-state index contributed by atoms with van der Waals surface area (Å²) in [5.74, 6) is -0.198. The molecule has 0 saturated carbocycles. The third-order valence-electron chi connectivity index (χ3n) is 2.54. The molecule has 0 aliphatic rings. The maximum absolute atomic E-state index is 12.8. The van der Waals surface area contributed by atoms with Crippen molar-refractivity contribution in [2.45, 2.75) is 38.6 Å². The second kappa shape index (κ2) is 5.80. The quantitative estimate of drug-likeness (QED) is 0.827. The highest BCUT2D eigenvalue weighted by Gasteiger charge is 2.27. The number of rotatable bonds is 5. The summed E-state index contributed by atoms with van der Waals surface area (Å²) in [6.45, 7) is 8.06. The molecule has 0 unspecified atom stereocenters. The lowest BCUT2D eigenvalue weighted by Gasteiger charge is -2.27. The molecular formula is C13H20FNO2S. The minimum Gasteiger partial charge on any atom is -0.207 e. The van der Waals surface area contributed by atoms with Gasteiger partial charge in [-0.2, -0.15) is 4.31 Å². The summed E-state index contributed by atoms with van der Waals surface area (Å²) < 4.78 is 39.1. The van der Waals surface area contributed by atoms with Crippen LogP contribution in [0.4, 0.5) is 4.39 Å². The lowest BCUT2D eigenvalue weighted by molar-refractivity contribution is 0.319. The summed E-state index contributed by atoms with van der Waals surface area (Å²) in [6.07, 6.45) is 0. The molecule has 18 heavy (non-hydrogen) atoms. The Kier molecular flexibility index (Phi) is 4.87. The number of sulfonamides is 1. The van der Waals surface area contributed by atoms with Gasteiger partial charge in [0.05, 0.1) is 4.90 Å².